The number of benzene rings is 3. The Labute approximate surface area is 285 Å². The first-order valence-electron chi connectivity index (χ1n) is 16.4. The largest absolute Gasteiger partial charge is 0.381 e. The predicted octanol–water partition coefficient (Wildman–Crippen LogP) is 6.29. The van der Waals surface area contributed by atoms with Gasteiger partial charge in [0.05, 0.1) is 6.04 Å². The van der Waals surface area contributed by atoms with Crippen LogP contribution in [-0.2, 0) is 21.5 Å². The number of rotatable bonds is 7. The molecule has 2 fully saturated rings. The maximum Gasteiger partial charge on any atom is 0.238 e. The first-order valence-corrected chi connectivity index (χ1v) is 17.1. The van der Waals surface area contributed by atoms with Gasteiger partial charge in [-0.1, -0.05) is 86.4 Å². The monoisotopic (exact) mass is 673 g/mol. The molecule has 1 aromatic heterocycles. The zero-order valence-corrected chi connectivity index (χ0v) is 28.5. The number of tetrazole rings is 1. The van der Waals surface area contributed by atoms with Crippen molar-refractivity contribution in [2.45, 2.75) is 76.0 Å². The van der Waals surface area contributed by atoms with E-state index in [9.17, 15) is 4.79 Å². The lowest BCUT2D eigenvalue weighted by Gasteiger charge is -2.40. The van der Waals surface area contributed by atoms with Gasteiger partial charge in [-0.3, -0.25) is 4.79 Å². The Hall–Kier alpha value is -3.50. The number of H-pyrrole nitrogens is 1. The van der Waals surface area contributed by atoms with Gasteiger partial charge in [-0.25, -0.2) is 5.10 Å². The number of carbonyl (C=O) groups excluding carboxylic acids is 1. The van der Waals surface area contributed by atoms with Crippen molar-refractivity contribution in [3.63, 3.8) is 0 Å². The molecule has 11 heteroatoms. The van der Waals surface area contributed by atoms with Crippen molar-refractivity contribution in [3.8, 4) is 11.4 Å². The minimum atomic E-state index is -0.498. The molecular formula is C36H41Cl2N7O2. The lowest BCUT2D eigenvalue weighted by molar-refractivity contribution is -0.124. The van der Waals surface area contributed by atoms with Crippen LogP contribution in [0.1, 0.15) is 62.6 Å². The summed E-state index contributed by atoms with van der Waals surface area (Å²) in [5, 5.41) is 23.0. The van der Waals surface area contributed by atoms with Crippen LogP contribution in [0, 0.1) is 5.41 Å². The average Bonchev–Trinajstić information content (AvgIpc) is 3.76. The molecule has 0 bridgehead atoms. The van der Waals surface area contributed by atoms with E-state index in [0.29, 0.717) is 42.2 Å². The van der Waals surface area contributed by atoms with Gasteiger partial charge >= 0.3 is 0 Å². The predicted molar refractivity (Wildman–Crippen MR) is 185 cm³/mol. The second-order valence-corrected chi connectivity index (χ2v) is 15.2. The molecule has 2 saturated heterocycles. The van der Waals surface area contributed by atoms with Gasteiger partial charge in [-0.15, -0.1) is 5.10 Å². The summed E-state index contributed by atoms with van der Waals surface area (Å²) in [6, 6.07) is 22.1. The maximum absolute atomic E-state index is 14.4. The number of aromatic amines is 1. The number of ether oxygens (including phenoxy) is 1. The molecule has 0 radical (unpaired) electrons. The van der Waals surface area contributed by atoms with Crippen LogP contribution in [0.3, 0.4) is 0 Å². The van der Waals surface area contributed by atoms with E-state index in [1.807, 2.05) is 36.4 Å². The van der Waals surface area contributed by atoms with Crippen molar-refractivity contribution in [2.75, 3.05) is 24.7 Å². The molecule has 47 heavy (non-hydrogen) atoms. The smallest absolute Gasteiger partial charge is 0.238 e. The third-order valence-corrected chi connectivity index (χ3v) is 10.6. The van der Waals surface area contributed by atoms with E-state index < -0.39 is 11.5 Å². The molecular weight excluding hydrogens is 633 g/mol. The Morgan fingerprint density at radius 3 is 2.53 bits per heavy atom. The summed E-state index contributed by atoms with van der Waals surface area (Å²) in [7, 11) is 0. The first-order chi connectivity index (χ1) is 22.6. The molecule has 1 spiro atoms. The lowest BCUT2D eigenvalue weighted by Crippen LogP contribution is -2.49. The fourth-order valence-electron chi connectivity index (χ4n) is 7.99. The van der Waals surface area contributed by atoms with Gasteiger partial charge in [0.1, 0.15) is 0 Å². The number of anilines is 1. The number of aromatic nitrogens is 4. The van der Waals surface area contributed by atoms with Crippen molar-refractivity contribution in [1.29, 1.82) is 0 Å². The van der Waals surface area contributed by atoms with Gasteiger partial charge in [0.15, 0.2) is 5.82 Å². The summed E-state index contributed by atoms with van der Waals surface area (Å²) >= 11 is 13.9. The number of halogens is 2. The number of nitrogens with one attached hydrogen (secondary N) is 3. The minimum absolute atomic E-state index is 0.0112. The topological polar surface area (TPSA) is 108 Å². The van der Waals surface area contributed by atoms with Gasteiger partial charge in [-0.05, 0) is 76.1 Å². The Morgan fingerprint density at radius 1 is 1.06 bits per heavy atom. The second-order valence-electron chi connectivity index (χ2n) is 14.4. The standard InChI is InChI=1S/C36H41Cl2N7O2/c1-35(2,3)19-30-36(31(26-6-4-5-7-28(26)38)32(40-30)34(46)39-25-14-16-47-17-15-25)21-45(29-13-12-24(37)18-27(29)36)20-22-8-10-23(11-9-22)33-41-43-44-42-33/h4-13,18,25,30-32,40H,14-17,19-21H2,1-3H3,(H,39,46)(H,41,42,43,44)/t30-,31-,32+,36-/m0/s1. The van der Waals surface area contributed by atoms with Crippen molar-refractivity contribution >= 4 is 34.8 Å². The fourth-order valence-corrected chi connectivity index (χ4v) is 8.42. The molecule has 3 N–H and O–H groups in total. The Morgan fingerprint density at radius 2 is 1.83 bits per heavy atom. The number of carbonyl (C=O) groups is 1. The average molecular weight is 675 g/mol. The van der Waals surface area contributed by atoms with Crippen LogP contribution in [0.15, 0.2) is 66.7 Å². The van der Waals surface area contributed by atoms with Crippen molar-refractivity contribution < 1.29 is 9.53 Å². The highest BCUT2D eigenvalue weighted by Gasteiger charge is 2.62. The zero-order valence-electron chi connectivity index (χ0n) is 27.0. The van der Waals surface area contributed by atoms with Crippen LogP contribution in [0.25, 0.3) is 11.4 Å². The molecule has 7 rings (SSSR count). The molecule has 3 aliphatic heterocycles. The van der Waals surface area contributed by atoms with E-state index in [1.54, 1.807) is 0 Å². The van der Waals surface area contributed by atoms with E-state index in [-0.39, 0.29) is 29.3 Å². The van der Waals surface area contributed by atoms with Crippen molar-refractivity contribution in [1.82, 2.24) is 31.3 Å². The number of hydrogen-bond acceptors (Lipinski definition) is 7. The highest BCUT2D eigenvalue weighted by Crippen LogP contribution is 2.58. The molecule has 3 aliphatic rings. The first kappa shape index (κ1) is 32.1. The third kappa shape index (κ3) is 6.26. The van der Waals surface area contributed by atoms with Crippen LogP contribution in [-0.4, -0.2) is 64.4 Å². The summed E-state index contributed by atoms with van der Waals surface area (Å²) in [5.41, 5.74) is 4.82. The van der Waals surface area contributed by atoms with Crippen molar-refractivity contribution in [3.05, 3.63) is 93.5 Å². The molecule has 3 aromatic carbocycles. The third-order valence-electron chi connectivity index (χ3n) is 10.00. The highest BCUT2D eigenvalue weighted by molar-refractivity contribution is 6.31. The van der Waals surface area contributed by atoms with Crippen LogP contribution in [0.4, 0.5) is 5.69 Å². The van der Waals surface area contributed by atoms with Gasteiger partial charge in [0.25, 0.3) is 0 Å². The van der Waals surface area contributed by atoms with Crippen LogP contribution in [0.5, 0.6) is 0 Å². The summed E-state index contributed by atoms with van der Waals surface area (Å²) in [6.45, 7) is 9.48. The normalized spacial score (nSPS) is 24.5. The molecule has 246 valence electrons. The quantitative estimate of drug-likeness (QED) is 0.212. The lowest BCUT2D eigenvalue weighted by atomic mass is 9.63. The van der Waals surface area contributed by atoms with Crippen LogP contribution >= 0.6 is 23.2 Å². The van der Waals surface area contributed by atoms with Crippen molar-refractivity contribution in [2.24, 2.45) is 5.41 Å². The van der Waals surface area contributed by atoms with E-state index >= 15 is 0 Å². The molecule has 4 aromatic rings. The molecule has 1 amide bonds. The summed E-state index contributed by atoms with van der Waals surface area (Å²) < 4.78 is 5.58. The summed E-state index contributed by atoms with van der Waals surface area (Å²) in [5.74, 6) is 0.399. The second kappa shape index (κ2) is 12.8. The van der Waals surface area contributed by atoms with E-state index in [2.05, 4.69) is 87.3 Å². The Balaban J connectivity index is 1.33. The molecule has 9 nitrogen and oxygen atoms in total. The SMILES string of the molecule is CC(C)(C)C[C@@H]1N[C@@H](C(=O)NC2CCOCC2)[C@H](c2ccccc2Cl)[C@]12CN(Cc1ccc(-c3nnn[nH]3)cc1)c1ccc(Cl)cc12. The van der Waals surface area contributed by atoms with Gasteiger partial charge in [0, 0.05) is 71.0 Å². The van der Waals surface area contributed by atoms with Gasteiger partial charge < -0.3 is 20.3 Å². The maximum atomic E-state index is 14.4. The number of amides is 1. The van der Waals surface area contributed by atoms with E-state index in [4.69, 9.17) is 27.9 Å². The van der Waals surface area contributed by atoms with E-state index in [1.165, 1.54) is 0 Å². The van der Waals surface area contributed by atoms with Crippen LogP contribution < -0.4 is 15.5 Å². The molecule has 4 heterocycles. The zero-order chi connectivity index (χ0) is 32.8. The van der Waals surface area contributed by atoms with Crippen LogP contribution in [0.2, 0.25) is 10.0 Å². The fraction of sp³-hybridized carbons (Fsp3) is 0.444. The minimum Gasteiger partial charge on any atom is -0.381 e. The molecule has 0 aliphatic carbocycles. The summed E-state index contributed by atoms with van der Waals surface area (Å²) in [6.07, 6.45) is 2.47. The Kier molecular flexibility index (Phi) is 8.76. The van der Waals surface area contributed by atoms with Gasteiger partial charge in [0.2, 0.25) is 5.91 Å². The molecule has 0 saturated carbocycles. The molecule has 4 atom stereocenters. The summed E-state index contributed by atoms with van der Waals surface area (Å²) in [4.78, 5) is 16.9. The van der Waals surface area contributed by atoms with Gasteiger partial charge in [-0.2, -0.15) is 0 Å². The molecule has 0 unspecified atom stereocenters. The highest BCUT2D eigenvalue weighted by atomic mass is 35.5. The number of nitrogens with zero attached hydrogens (tertiary/aromatic N) is 4. The van der Waals surface area contributed by atoms with E-state index in [0.717, 1.165) is 47.2 Å². The number of hydrogen-bond donors (Lipinski definition) is 3. The Bertz CT molecular complexity index is 1720. The number of fused-ring (bicyclic) bond motifs is 2.